The van der Waals surface area contributed by atoms with Gasteiger partial charge >= 0.3 is 0 Å². The lowest BCUT2D eigenvalue weighted by atomic mass is 10.2. The third kappa shape index (κ3) is 2.45. The second-order valence-electron chi connectivity index (χ2n) is 3.84. The zero-order valence-electron chi connectivity index (χ0n) is 8.69. The highest BCUT2D eigenvalue weighted by Gasteiger charge is 2.05. The van der Waals surface area contributed by atoms with Crippen molar-refractivity contribution in [3.63, 3.8) is 0 Å². The molecule has 0 unspecified atom stereocenters. The van der Waals surface area contributed by atoms with Crippen molar-refractivity contribution < 1.29 is 0 Å². The van der Waals surface area contributed by atoms with Crippen molar-refractivity contribution in [3.8, 4) is 0 Å². The lowest BCUT2D eigenvalue weighted by Gasteiger charge is -2.22. The Balaban J connectivity index is 1.79. The number of aryl methyl sites for hydroxylation is 1. The van der Waals surface area contributed by atoms with E-state index in [4.69, 9.17) is 0 Å². The molecule has 0 fully saturated rings. The van der Waals surface area contributed by atoms with Crippen molar-refractivity contribution in [1.29, 1.82) is 0 Å². The highest BCUT2D eigenvalue weighted by Crippen LogP contribution is 2.01. The molecule has 0 aliphatic carbocycles. The van der Waals surface area contributed by atoms with Gasteiger partial charge in [-0.15, -0.1) is 0 Å². The maximum atomic E-state index is 4.27. The standard InChI is InChI=1S/C11H17N3/c1-11-9-12-14(10-11)8-7-13-5-3-2-4-6-13/h2-3,9-10H,4-8H2,1H3. The Kier molecular flexibility index (Phi) is 2.99. The monoisotopic (exact) mass is 191 g/mol. The van der Waals surface area contributed by atoms with Gasteiger partial charge in [-0.2, -0.15) is 5.10 Å². The SMILES string of the molecule is Cc1cnn(CCN2CC=CCC2)c1. The van der Waals surface area contributed by atoms with E-state index in [0.29, 0.717) is 0 Å². The van der Waals surface area contributed by atoms with E-state index in [2.05, 4.69) is 35.3 Å². The first-order valence-corrected chi connectivity index (χ1v) is 5.21. The Labute approximate surface area is 85.0 Å². The molecule has 0 spiro atoms. The summed E-state index contributed by atoms with van der Waals surface area (Å²) >= 11 is 0. The second kappa shape index (κ2) is 4.42. The maximum Gasteiger partial charge on any atom is 0.0536 e. The molecule has 0 atom stereocenters. The number of nitrogens with zero attached hydrogens (tertiary/aromatic N) is 3. The van der Waals surface area contributed by atoms with E-state index in [1.165, 1.54) is 18.5 Å². The van der Waals surface area contributed by atoms with E-state index in [-0.39, 0.29) is 0 Å². The first kappa shape index (κ1) is 9.46. The first-order valence-electron chi connectivity index (χ1n) is 5.21. The van der Waals surface area contributed by atoms with Gasteiger partial charge in [0.1, 0.15) is 0 Å². The first-order chi connectivity index (χ1) is 6.84. The van der Waals surface area contributed by atoms with Gasteiger partial charge in [-0.1, -0.05) is 12.2 Å². The topological polar surface area (TPSA) is 21.1 Å². The van der Waals surface area contributed by atoms with Crippen LogP contribution in [0.25, 0.3) is 0 Å². The molecule has 0 bridgehead atoms. The molecule has 0 aromatic carbocycles. The van der Waals surface area contributed by atoms with E-state index in [9.17, 15) is 0 Å². The lowest BCUT2D eigenvalue weighted by molar-refractivity contribution is 0.281. The van der Waals surface area contributed by atoms with Gasteiger partial charge in [0.15, 0.2) is 0 Å². The molecule has 0 N–H and O–H groups in total. The van der Waals surface area contributed by atoms with Crippen LogP contribution in [0.5, 0.6) is 0 Å². The fraction of sp³-hybridized carbons (Fsp3) is 0.545. The van der Waals surface area contributed by atoms with Crippen LogP contribution in [-0.2, 0) is 6.54 Å². The minimum atomic E-state index is 1.00. The summed E-state index contributed by atoms with van der Waals surface area (Å²) in [5.41, 5.74) is 1.24. The van der Waals surface area contributed by atoms with Gasteiger partial charge < -0.3 is 0 Å². The van der Waals surface area contributed by atoms with Gasteiger partial charge in [-0.3, -0.25) is 9.58 Å². The van der Waals surface area contributed by atoms with Gasteiger partial charge in [0.05, 0.1) is 12.7 Å². The average Bonchev–Trinajstić information content (AvgIpc) is 2.63. The summed E-state index contributed by atoms with van der Waals surface area (Å²) in [5.74, 6) is 0. The van der Waals surface area contributed by atoms with Gasteiger partial charge in [0.25, 0.3) is 0 Å². The summed E-state index contributed by atoms with van der Waals surface area (Å²) in [7, 11) is 0. The van der Waals surface area contributed by atoms with Crippen LogP contribution in [0.4, 0.5) is 0 Å². The zero-order chi connectivity index (χ0) is 9.80. The lowest BCUT2D eigenvalue weighted by Crippen LogP contribution is -2.30. The van der Waals surface area contributed by atoms with E-state index >= 15 is 0 Å². The molecule has 14 heavy (non-hydrogen) atoms. The number of hydrogen-bond donors (Lipinski definition) is 0. The van der Waals surface area contributed by atoms with Crippen LogP contribution in [0, 0.1) is 6.92 Å². The van der Waals surface area contributed by atoms with Crippen LogP contribution in [0.3, 0.4) is 0 Å². The molecule has 1 aliphatic heterocycles. The van der Waals surface area contributed by atoms with Crippen LogP contribution in [-0.4, -0.2) is 34.3 Å². The molecule has 3 nitrogen and oxygen atoms in total. The van der Waals surface area contributed by atoms with Crippen molar-refractivity contribution >= 4 is 0 Å². The maximum absolute atomic E-state index is 4.27. The molecular formula is C11H17N3. The predicted octanol–water partition coefficient (Wildman–Crippen LogP) is 1.45. The van der Waals surface area contributed by atoms with Gasteiger partial charge in [0.2, 0.25) is 0 Å². The van der Waals surface area contributed by atoms with Crippen molar-refractivity contribution in [3.05, 3.63) is 30.1 Å². The summed E-state index contributed by atoms with van der Waals surface area (Å²) in [4.78, 5) is 2.46. The largest absolute Gasteiger partial charge is 0.298 e. The molecule has 0 radical (unpaired) electrons. The van der Waals surface area contributed by atoms with Crippen molar-refractivity contribution in [1.82, 2.24) is 14.7 Å². The molecule has 3 heteroatoms. The van der Waals surface area contributed by atoms with E-state index in [1.54, 1.807) is 0 Å². The Bertz CT molecular complexity index is 314. The third-order valence-corrected chi connectivity index (χ3v) is 2.55. The second-order valence-corrected chi connectivity index (χ2v) is 3.84. The van der Waals surface area contributed by atoms with Crippen LogP contribution < -0.4 is 0 Å². The van der Waals surface area contributed by atoms with Crippen molar-refractivity contribution in [2.45, 2.75) is 19.9 Å². The minimum absolute atomic E-state index is 1.00. The van der Waals surface area contributed by atoms with Gasteiger partial charge in [0, 0.05) is 25.8 Å². The van der Waals surface area contributed by atoms with Crippen LogP contribution in [0.1, 0.15) is 12.0 Å². The molecule has 2 rings (SSSR count). The van der Waals surface area contributed by atoms with Gasteiger partial charge in [-0.05, 0) is 18.9 Å². The Morgan fingerprint density at radius 2 is 2.29 bits per heavy atom. The van der Waals surface area contributed by atoms with E-state index in [0.717, 1.165) is 19.6 Å². The Morgan fingerprint density at radius 3 is 2.93 bits per heavy atom. The number of rotatable bonds is 3. The molecule has 1 aromatic rings. The molecule has 2 heterocycles. The average molecular weight is 191 g/mol. The summed E-state index contributed by atoms with van der Waals surface area (Å²) in [6.45, 7) is 6.47. The molecule has 0 amide bonds. The molecule has 0 saturated heterocycles. The smallest absolute Gasteiger partial charge is 0.0536 e. The molecule has 1 aromatic heterocycles. The number of aromatic nitrogens is 2. The van der Waals surface area contributed by atoms with Crippen LogP contribution in [0.15, 0.2) is 24.5 Å². The normalized spacial score (nSPS) is 17.5. The fourth-order valence-electron chi connectivity index (χ4n) is 1.73. The van der Waals surface area contributed by atoms with E-state index < -0.39 is 0 Å². The van der Waals surface area contributed by atoms with Crippen LogP contribution >= 0.6 is 0 Å². The van der Waals surface area contributed by atoms with Crippen LogP contribution in [0.2, 0.25) is 0 Å². The summed E-state index contributed by atoms with van der Waals surface area (Å²) in [6.07, 6.45) is 9.71. The Morgan fingerprint density at radius 1 is 1.36 bits per heavy atom. The minimum Gasteiger partial charge on any atom is -0.298 e. The summed E-state index contributed by atoms with van der Waals surface area (Å²) < 4.78 is 2.02. The highest BCUT2D eigenvalue weighted by molar-refractivity contribution is 4.99. The number of hydrogen-bond acceptors (Lipinski definition) is 2. The third-order valence-electron chi connectivity index (χ3n) is 2.55. The predicted molar refractivity (Wildman–Crippen MR) is 57.2 cm³/mol. The van der Waals surface area contributed by atoms with Gasteiger partial charge in [-0.25, -0.2) is 0 Å². The molecule has 76 valence electrons. The van der Waals surface area contributed by atoms with Crippen molar-refractivity contribution in [2.24, 2.45) is 0 Å². The van der Waals surface area contributed by atoms with Crippen molar-refractivity contribution in [2.75, 3.05) is 19.6 Å². The molecule has 1 aliphatic rings. The highest BCUT2D eigenvalue weighted by atomic mass is 15.3. The summed E-state index contributed by atoms with van der Waals surface area (Å²) in [6, 6.07) is 0. The summed E-state index contributed by atoms with van der Waals surface area (Å²) in [5, 5.41) is 4.27. The molecular weight excluding hydrogens is 174 g/mol. The quantitative estimate of drug-likeness (QED) is 0.674. The Hall–Kier alpha value is -1.09. The fourth-order valence-corrected chi connectivity index (χ4v) is 1.73. The molecule has 0 saturated carbocycles. The zero-order valence-corrected chi connectivity index (χ0v) is 8.69. The van der Waals surface area contributed by atoms with E-state index in [1.807, 2.05) is 10.9 Å².